The van der Waals surface area contributed by atoms with Gasteiger partial charge in [-0.2, -0.15) is 10.2 Å². The zero-order valence-corrected chi connectivity index (χ0v) is 14.7. The van der Waals surface area contributed by atoms with Crippen LogP contribution in [0.1, 0.15) is 0 Å². The molecule has 27 heavy (non-hydrogen) atoms. The second-order valence-electron chi connectivity index (χ2n) is 6.86. The van der Waals surface area contributed by atoms with Gasteiger partial charge in [-0.3, -0.25) is 0 Å². The van der Waals surface area contributed by atoms with Gasteiger partial charge in [-0.05, 0) is 34.9 Å². The largest absolute Gasteiger partial charge is 0.456 e. The highest BCUT2D eigenvalue weighted by Crippen LogP contribution is 2.29. The summed E-state index contributed by atoms with van der Waals surface area (Å²) in [5, 5.41) is 14.9. The summed E-state index contributed by atoms with van der Waals surface area (Å²) in [4.78, 5) is 0. The third-order valence-electron chi connectivity index (χ3n) is 5.40. The van der Waals surface area contributed by atoms with Gasteiger partial charge < -0.3 is 8.98 Å². The molecule has 0 spiro atoms. The normalized spacial score (nSPS) is 13.7. The summed E-state index contributed by atoms with van der Waals surface area (Å²) in [7, 11) is 2.13. The van der Waals surface area contributed by atoms with E-state index in [1.165, 1.54) is 21.6 Å². The summed E-state index contributed by atoms with van der Waals surface area (Å²) in [6.07, 6.45) is 3.60. The zero-order valence-electron chi connectivity index (χ0n) is 14.7. The van der Waals surface area contributed by atoms with Crippen molar-refractivity contribution in [1.82, 2.24) is 4.57 Å². The molecule has 128 valence electrons. The summed E-state index contributed by atoms with van der Waals surface area (Å²) in [6.45, 7) is 0. The number of hydrogen-bond acceptors (Lipinski definition) is 3. The van der Waals surface area contributed by atoms with Gasteiger partial charge >= 0.3 is 0 Å². The number of para-hydroxylation sites is 1. The van der Waals surface area contributed by atoms with E-state index in [-0.39, 0.29) is 0 Å². The molecule has 0 atom stereocenters. The van der Waals surface area contributed by atoms with Crippen LogP contribution in [0.2, 0.25) is 0 Å². The molecule has 3 aromatic rings. The van der Waals surface area contributed by atoms with Crippen molar-refractivity contribution in [2.45, 2.75) is 0 Å². The Morgan fingerprint density at radius 3 is 2.44 bits per heavy atom. The molecule has 3 heterocycles. The third-order valence-corrected chi connectivity index (χ3v) is 5.40. The SMILES string of the molecule is Cn1c2c3ccccc3oc3cccc(c3=2)c2ccc(=C3C=NN=C3)cc21. The quantitative estimate of drug-likeness (QED) is 0.411. The zero-order chi connectivity index (χ0) is 18.0. The third kappa shape index (κ3) is 1.92. The molecule has 0 radical (unpaired) electrons. The maximum Gasteiger partial charge on any atom is 0.137 e. The summed E-state index contributed by atoms with van der Waals surface area (Å²) < 4.78 is 8.48. The molecule has 0 aromatic heterocycles. The Hall–Kier alpha value is -3.66. The highest BCUT2D eigenvalue weighted by molar-refractivity contribution is 6.30. The van der Waals surface area contributed by atoms with Crippen LogP contribution in [-0.2, 0) is 7.05 Å². The van der Waals surface area contributed by atoms with Crippen LogP contribution in [-0.4, -0.2) is 17.0 Å². The molecule has 6 rings (SSSR count). The Bertz CT molecular complexity index is 1570. The molecule has 3 aliphatic rings. The van der Waals surface area contributed by atoms with Gasteiger partial charge in [0.15, 0.2) is 0 Å². The van der Waals surface area contributed by atoms with Gasteiger partial charge in [0.1, 0.15) is 11.2 Å². The molecule has 0 saturated carbocycles. The van der Waals surface area contributed by atoms with Crippen molar-refractivity contribution in [1.29, 1.82) is 0 Å². The van der Waals surface area contributed by atoms with Crippen molar-refractivity contribution < 1.29 is 4.42 Å². The average molecular weight is 349 g/mol. The Balaban J connectivity index is 1.97. The van der Waals surface area contributed by atoms with E-state index in [9.17, 15) is 0 Å². The van der Waals surface area contributed by atoms with Gasteiger partial charge in [0, 0.05) is 34.1 Å². The Morgan fingerprint density at radius 1 is 0.778 bits per heavy atom. The molecule has 3 aliphatic heterocycles. The van der Waals surface area contributed by atoms with E-state index in [1.54, 1.807) is 12.4 Å². The second-order valence-corrected chi connectivity index (χ2v) is 6.86. The van der Waals surface area contributed by atoms with Crippen molar-refractivity contribution in [2.75, 3.05) is 0 Å². The van der Waals surface area contributed by atoms with E-state index in [1.807, 2.05) is 18.2 Å². The highest BCUT2D eigenvalue weighted by atomic mass is 16.3. The van der Waals surface area contributed by atoms with Gasteiger partial charge in [0.25, 0.3) is 0 Å². The van der Waals surface area contributed by atoms with Gasteiger partial charge in [-0.15, -0.1) is 0 Å². The monoisotopic (exact) mass is 349 g/mol. The lowest BCUT2D eigenvalue weighted by molar-refractivity contribution is 0.651. The maximum absolute atomic E-state index is 6.21. The van der Waals surface area contributed by atoms with E-state index >= 15 is 0 Å². The van der Waals surface area contributed by atoms with Gasteiger partial charge in [0.2, 0.25) is 0 Å². The molecular weight excluding hydrogens is 334 g/mol. The fraction of sp³-hybridized carbons (Fsp3) is 0.0435. The first kappa shape index (κ1) is 14.5. The number of benzene rings is 3. The first-order chi connectivity index (χ1) is 13.3. The number of aryl methyl sites for hydroxylation is 1. The molecule has 0 unspecified atom stereocenters. The summed E-state index contributed by atoms with van der Waals surface area (Å²) >= 11 is 0. The van der Waals surface area contributed by atoms with Crippen molar-refractivity contribution in [3.8, 4) is 0 Å². The minimum Gasteiger partial charge on any atom is -0.456 e. The van der Waals surface area contributed by atoms with E-state index in [0.29, 0.717) is 0 Å². The van der Waals surface area contributed by atoms with Crippen LogP contribution >= 0.6 is 0 Å². The van der Waals surface area contributed by atoms with Crippen LogP contribution in [0.4, 0.5) is 0 Å². The van der Waals surface area contributed by atoms with Crippen LogP contribution in [0, 0.1) is 10.6 Å². The summed E-state index contributed by atoms with van der Waals surface area (Å²) in [5.74, 6) is 0. The molecular formula is C23H15N3O. The van der Waals surface area contributed by atoms with E-state index in [0.717, 1.165) is 32.6 Å². The summed E-state index contributed by atoms with van der Waals surface area (Å²) in [6, 6.07) is 21.0. The predicted molar refractivity (Wildman–Crippen MR) is 110 cm³/mol. The summed E-state index contributed by atoms with van der Waals surface area (Å²) in [5.41, 5.74) is 4.01. The molecule has 4 heteroatoms. The number of fused-ring (bicyclic) bond motifs is 4. The van der Waals surface area contributed by atoms with Crippen LogP contribution < -0.4 is 5.22 Å². The molecule has 3 aromatic carbocycles. The van der Waals surface area contributed by atoms with Crippen molar-refractivity contribution >= 4 is 50.8 Å². The lowest BCUT2D eigenvalue weighted by atomic mass is 10.0. The van der Waals surface area contributed by atoms with E-state index in [2.05, 4.69) is 64.3 Å². The molecule has 0 bridgehead atoms. The number of hydrogen-bond donors (Lipinski definition) is 0. The number of nitrogens with zero attached hydrogens (tertiary/aromatic N) is 3. The molecule has 0 amide bonds. The number of rotatable bonds is 0. The smallest absolute Gasteiger partial charge is 0.137 e. The molecule has 0 saturated heterocycles. The minimum atomic E-state index is 0.896. The second kappa shape index (κ2) is 5.17. The molecule has 0 N–H and O–H groups in total. The Labute approximate surface area is 154 Å². The minimum absolute atomic E-state index is 0.896. The standard InChI is InChI=1S/C23H15N3O/c1-26-19-11-14(15-12-24-25-13-15)9-10-16(19)17-6-4-8-21-22(17)23(26)18-5-2-3-7-20(18)27-21/h2-13H,1H3. The number of aromatic nitrogens is 1. The molecule has 0 fully saturated rings. The first-order valence-electron chi connectivity index (χ1n) is 8.91. The van der Waals surface area contributed by atoms with Gasteiger partial charge in [-0.25, -0.2) is 0 Å². The van der Waals surface area contributed by atoms with E-state index < -0.39 is 0 Å². The van der Waals surface area contributed by atoms with Gasteiger partial charge in [0.05, 0.1) is 17.8 Å². The average Bonchev–Trinajstić information content (AvgIpc) is 3.25. The first-order valence-corrected chi connectivity index (χ1v) is 8.91. The van der Waals surface area contributed by atoms with Crippen LogP contribution in [0.15, 0.2) is 75.3 Å². The Kier molecular flexibility index (Phi) is 2.78. The molecule has 4 nitrogen and oxygen atoms in total. The fourth-order valence-electron chi connectivity index (χ4n) is 4.15. The van der Waals surface area contributed by atoms with Crippen molar-refractivity contribution in [2.24, 2.45) is 17.3 Å². The maximum atomic E-state index is 6.21. The van der Waals surface area contributed by atoms with Crippen molar-refractivity contribution in [3.05, 3.63) is 76.5 Å². The molecule has 0 aliphatic carbocycles. The van der Waals surface area contributed by atoms with Crippen LogP contribution in [0.5, 0.6) is 0 Å². The van der Waals surface area contributed by atoms with Gasteiger partial charge in [-0.1, -0.05) is 36.4 Å². The lowest BCUT2D eigenvalue weighted by Gasteiger charge is -2.14. The van der Waals surface area contributed by atoms with Crippen molar-refractivity contribution in [3.63, 3.8) is 0 Å². The highest BCUT2D eigenvalue weighted by Gasteiger charge is 2.12. The van der Waals surface area contributed by atoms with E-state index in [4.69, 9.17) is 4.42 Å². The fourth-order valence-corrected chi connectivity index (χ4v) is 4.15. The lowest BCUT2D eigenvalue weighted by Crippen LogP contribution is -2.09. The Morgan fingerprint density at radius 2 is 1.56 bits per heavy atom. The predicted octanol–water partition coefficient (Wildman–Crippen LogP) is 4.30. The van der Waals surface area contributed by atoms with Crippen LogP contribution in [0.25, 0.3) is 38.4 Å². The van der Waals surface area contributed by atoms with Crippen LogP contribution in [0.3, 0.4) is 0 Å². The topological polar surface area (TPSA) is 42.8 Å².